The SMILES string of the molecule is COc1ccnc(N2CCNCC2)c1.Cl. The Bertz CT molecular complexity index is 302. The van der Waals surface area contributed by atoms with Gasteiger partial charge in [-0.15, -0.1) is 12.4 Å². The largest absolute Gasteiger partial charge is 0.497 e. The van der Waals surface area contributed by atoms with Crippen molar-refractivity contribution in [2.75, 3.05) is 38.2 Å². The van der Waals surface area contributed by atoms with Crippen LogP contribution in [0.4, 0.5) is 5.82 Å². The fraction of sp³-hybridized carbons (Fsp3) is 0.500. The molecule has 84 valence electrons. The van der Waals surface area contributed by atoms with E-state index in [4.69, 9.17) is 4.74 Å². The first-order valence-corrected chi connectivity index (χ1v) is 4.86. The van der Waals surface area contributed by atoms with Crippen molar-refractivity contribution in [3.8, 4) is 5.75 Å². The highest BCUT2D eigenvalue weighted by atomic mass is 35.5. The quantitative estimate of drug-likeness (QED) is 0.819. The summed E-state index contributed by atoms with van der Waals surface area (Å²) in [6.45, 7) is 4.08. The molecule has 0 amide bonds. The molecule has 0 atom stereocenters. The average molecular weight is 230 g/mol. The van der Waals surface area contributed by atoms with E-state index in [2.05, 4.69) is 15.2 Å². The van der Waals surface area contributed by atoms with Crippen molar-refractivity contribution in [1.29, 1.82) is 0 Å². The Morgan fingerprint density at radius 2 is 2.13 bits per heavy atom. The van der Waals surface area contributed by atoms with E-state index in [1.165, 1.54) is 0 Å². The van der Waals surface area contributed by atoms with Crippen LogP contribution in [0.1, 0.15) is 0 Å². The number of piperazine rings is 1. The fourth-order valence-corrected chi connectivity index (χ4v) is 1.59. The van der Waals surface area contributed by atoms with Crippen LogP contribution in [0.15, 0.2) is 18.3 Å². The molecule has 2 rings (SSSR count). The lowest BCUT2D eigenvalue weighted by atomic mass is 10.3. The van der Waals surface area contributed by atoms with Gasteiger partial charge in [-0.1, -0.05) is 0 Å². The first kappa shape index (κ1) is 12.1. The first-order valence-electron chi connectivity index (χ1n) is 4.86. The molecule has 1 aromatic rings. The molecule has 0 bridgehead atoms. The monoisotopic (exact) mass is 229 g/mol. The second-order valence-electron chi connectivity index (χ2n) is 3.29. The van der Waals surface area contributed by atoms with E-state index in [0.29, 0.717) is 0 Å². The highest BCUT2D eigenvalue weighted by molar-refractivity contribution is 5.85. The van der Waals surface area contributed by atoms with Crippen molar-refractivity contribution in [1.82, 2.24) is 10.3 Å². The van der Waals surface area contributed by atoms with Crippen molar-refractivity contribution in [2.45, 2.75) is 0 Å². The molecule has 4 nitrogen and oxygen atoms in total. The van der Waals surface area contributed by atoms with E-state index in [-0.39, 0.29) is 12.4 Å². The molecule has 1 aliphatic rings. The smallest absolute Gasteiger partial charge is 0.132 e. The lowest BCUT2D eigenvalue weighted by molar-refractivity contribution is 0.414. The van der Waals surface area contributed by atoms with Gasteiger partial charge in [0.05, 0.1) is 7.11 Å². The number of rotatable bonds is 2. The predicted octanol–water partition coefficient (Wildman–Crippen LogP) is 0.922. The highest BCUT2D eigenvalue weighted by Crippen LogP contribution is 2.17. The normalized spacial score (nSPS) is 15.7. The van der Waals surface area contributed by atoms with Crippen LogP contribution in [0.2, 0.25) is 0 Å². The molecule has 1 N–H and O–H groups in total. The van der Waals surface area contributed by atoms with Crippen LogP contribution in [-0.4, -0.2) is 38.3 Å². The van der Waals surface area contributed by atoms with Crippen LogP contribution in [0, 0.1) is 0 Å². The van der Waals surface area contributed by atoms with E-state index in [1.807, 2.05) is 12.1 Å². The Hall–Kier alpha value is -1.00. The Morgan fingerprint density at radius 1 is 1.40 bits per heavy atom. The fourth-order valence-electron chi connectivity index (χ4n) is 1.59. The van der Waals surface area contributed by atoms with Crippen molar-refractivity contribution >= 4 is 18.2 Å². The Balaban J connectivity index is 0.00000112. The number of pyridine rings is 1. The third-order valence-electron chi connectivity index (χ3n) is 2.39. The third kappa shape index (κ3) is 2.97. The highest BCUT2D eigenvalue weighted by Gasteiger charge is 2.11. The summed E-state index contributed by atoms with van der Waals surface area (Å²) in [5.74, 6) is 1.87. The van der Waals surface area contributed by atoms with Crippen molar-refractivity contribution in [3.63, 3.8) is 0 Å². The number of hydrogen-bond acceptors (Lipinski definition) is 4. The summed E-state index contributed by atoms with van der Waals surface area (Å²) < 4.78 is 5.16. The van der Waals surface area contributed by atoms with Gasteiger partial charge in [0.1, 0.15) is 11.6 Å². The minimum absolute atomic E-state index is 0. The minimum atomic E-state index is 0. The van der Waals surface area contributed by atoms with Gasteiger partial charge in [0.2, 0.25) is 0 Å². The van der Waals surface area contributed by atoms with Gasteiger partial charge in [-0.2, -0.15) is 0 Å². The van der Waals surface area contributed by atoms with Crippen molar-refractivity contribution < 1.29 is 4.74 Å². The van der Waals surface area contributed by atoms with E-state index < -0.39 is 0 Å². The van der Waals surface area contributed by atoms with Gasteiger partial charge in [-0.05, 0) is 6.07 Å². The zero-order valence-corrected chi connectivity index (χ0v) is 9.59. The second kappa shape index (κ2) is 5.78. The Labute approximate surface area is 96.0 Å². The van der Waals surface area contributed by atoms with Gasteiger partial charge in [-0.3, -0.25) is 0 Å². The number of methoxy groups -OCH3 is 1. The van der Waals surface area contributed by atoms with Crippen LogP contribution in [-0.2, 0) is 0 Å². The molecule has 1 aliphatic heterocycles. The second-order valence-corrected chi connectivity index (χ2v) is 3.29. The topological polar surface area (TPSA) is 37.4 Å². The molecule has 1 aromatic heterocycles. The summed E-state index contributed by atoms with van der Waals surface area (Å²) in [7, 11) is 1.68. The molecule has 15 heavy (non-hydrogen) atoms. The van der Waals surface area contributed by atoms with E-state index >= 15 is 0 Å². The first-order chi connectivity index (χ1) is 6.90. The summed E-state index contributed by atoms with van der Waals surface area (Å²) in [6, 6.07) is 3.84. The summed E-state index contributed by atoms with van der Waals surface area (Å²) in [5.41, 5.74) is 0. The predicted molar refractivity (Wildman–Crippen MR) is 63.1 cm³/mol. The summed E-state index contributed by atoms with van der Waals surface area (Å²) in [5, 5.41) is 3.31. The molecule has 0 saturated carbocycles. The average Bonchev–Trinajstić information content (AvgIpc) is 2.30. The summed E-state index contributed by atoms with van der Waals surface area (Å²) >= 11 is 0. The lowest BCUT2D eigenvalue weighted by Gasteiger charge is -2.28. The molecule has 2 heterocycles. The van der Waals surface area contributed by atoms with E-state index in [9.17, 15) is 0 Å². The molecule has 0 aromatic carbocycles. The molecule has 0 aliphatic carbocycles. The number of nitrogens with zero attached hydrogens (tertiary/aromatic N) is 2. The van der Waals surface area contributed by atoms with Crippen LogP contribution >= 0.6 is 12.4 Å². The molecule has 5 heteroatoms. The number of aromatic nitrogens is 1. The van der Waals surface area contributed by atoms with E-state index in [0.717, 1.165) is 37.7 Å². The van der Waals surface area contributed by atoms with Gasteiger partial charge >= 0.3 is 0 Å². The molecule has 1 fully saturated rings. The number of hydrogen-bond donors (Lipinski definition) is 1. The number of ether oxygens (including phenoxy) is 1. The van der Waals surface area contributed by atoms with Crippen LogP contribution in [0.3, 0.4) is 0 Å². The maximum Gasteiger partial charge on any atom is 0.132 e. The van der Waals surface area contributed by atoms with Gasteiger partial charge in [-0.25, -0.2) is 4.98 Å². The molecular weight excluding hydrogens is 214 g/mol. The molecule has 0 radical (unpaired) electrons. The lowest BCUT2D eigenvalue weighted by Crippen LogP contribution is -2.43. The number of anilines is 1. The van der Waals surface area contributed by atoms with Crippen LogP contribution in [0.5, 0.6) is 5.75 Å². The molecule has 0 unspecified atom stereocenters. The zero-order chi connectivity index (χ0) is 9.80. The van der Waals surface area contributed by atoms with E-state index in [1.54, 1.807) is 13.3 Å². The minimum Gasteiger partial charge on any atom is -0.497 e. The summed E-state index contributed by atoms with van der Waals surface area (Å²) in [6.07, 6.45) is 1.79. The third-order valence-corrected chi connectivity index (χ3v) is 2.39. The van der Waals surface area contributed by atoms with Crippen molar-refractivity contribution in [3.05, 3.63) is 18.3 Å². The van der Waals surface area contributed by atoms with Crippen LogP contribution in [0.25, 0.3) is 0 Å². The van der Waals surface area contributed by atoms with Gasteiger partial charge in [0.25, 0.3) is 0 Å². The maximum absolute atomic E-state index is 5.16. The maximum atomic E-state index is 5.16. The van der Waals surface area contributed by atoms with Crippen molar-refractivity contribution in [2.24, 2.45) is 0 Å². The molecule has 1 saturated heterocycles. The molecule has 0 spiro atoms. The van der Waals surface area contributed by atoms with Crippen LogP contribution < -0.4 is 15.0 Å². The Kier molecular flexibility index (Phi) is 4.65. The van der Waals surface area contributed by atoms with Gasteiger partial charge in [0.15, 0.2) is 0 Å². The number of halogens is 1. The van der Waals surface area contributed by atoms with Gasteiger partial charge < -0.3 is 15.0 Å². The number of nitrogens with one attached hydrogen (secondary N) is 1. The Morgan fingerprint density at radius 3 is 2.80 bits per heavy atom. The zero-order valence-electron chi connectivity index (χ0n) is 8.77. The summed E-state index contributed by atoms with van der Waals surface area (Å²) in [4.78, 5) is 6.59. The van der Waals surface area contributed by atoms with Gasteiger partial charge in [0, 0.05) is 38.4 Å². The molecular formula is C10H16ClN3O. The standard InChI is InChI=1S/C10H15N3O.ClH/c1-14-9-2-3-12-10(8-9)13-6-4-11-5-7-13;/h2-3,8,11H,4-7H2,1H3;1H.